The fourth-order valence-electron chi connectivity index (χ4n) is 3.91. The van der Waals surface area contributed by atoms with Crippen LogP contribution in [0.1, 0.15) is 54.0 Å². The van der Waals surface area contributed by atoms with E-state index in [1.54, 1.807) is 42.0 Å². The molecule has 0 unspecified atom stereocenters. The Labute approximate surface area is 191 Å². The van der Waals surface area contributed by atoms with Crippen molar-refractivity contribution in [1.82, 2.24) is 14.5 Å². The zero-order valence-electron chi connectivity index (χ0n) is 18.9. The van der Waals surface area contributed by atoms with E-state index in [1.165, 1.54) is 6.07 Å². The van der Waals surface area contributed by atoms with Crippen LogP contribution in [0, 0.1) is 6.92 Å². The molecule has 2 N–H and O–H groups in total. The Kier molecular flexibility index (Phi) is 6.26. The number of amides is 1. The average Bonchev–Trinajstić information content (AvgIpc) is 3.32. The van der Waals surface area contributed by atoms with E-state index in [1.807, 2.05) is 13.0 Å². The highest BCUT2D eigenvalue weighted by molar-refractivity contribution is 6.35. The van der Waals surface area contributed by atoms with Crippen molar-refractivity contribution in [3.63, 3.8) is 0 Å². The molecule has 8 heteroatoms. The van der Waals surface area contributed by atoms with Crippen molar-refractivity contribution in [1.29, 1.82) is 0 Å². The zero-order chi connectivity index (χ0) is 23.5. The molecule has 4 rings (SSSR count). The first-order valence-electron chi connectivity index (χ1n) is 11.0. The Hall–Kier alpha value is -3.94. The number of fused-ring (bicyclic) bond motifs is 1. The first-order chi connectivity index (χ1) is 15.9. The number of rotatable bonds is 7. The van der Waals surface area contributed by atoms with Gasteiger partial charge in [0.1, 0.15) is 0 Å². The number of H-pyrrole nitrogens is 1. The van der Waals surface area contributed by atoms with Gasteiger partial charge in [0, 0.05) is 23.9 Å². The van der Waals surface area contributed by atoms with Crippen LogP contribution in [0.2, 0.25) is 0 Å². The number of hydrogen-bond donors (Lipinski definition) is 2. The predicted octanol–water partition coefficient (Wildman–Crippen LogP) is 4.02. The SMILES string of the molecule is CCCCn1c(-c2cc3c(cn2)NC(=O)/C3=C\c2[nH]c(C)cc2C(=O)OCC)cccc1=O. The van der Waals surface area contributed by atoms with Crippen molar-refractivity contribution in [3.05, 3.63) is 69.4 Å². The molecule has 0 radical (unpaired) electrons. The molecule has 33 heavy (non-hydrogen) atoms. The van der Waals surface area contributed by atoms with Gasteiger partial charge < -0.3 is 19.6 Å². The molecule has 0 aromatic carbocycles. The quantitative estimate of drug-likeness (QED) is 0.421. The minimum absolute atomic E-state index is 0.0887. The molecule has 4 heterocycles. The van der Waals surface area contributed by atoms with Crippen molar-refractivity contribution < 1.29 is 14.3 Å². The van der Waals surface area contributed by atoms with Gasteiger partial charge in [-0.3, -0.25) is 14.6 Å². The largest absolute Gasteiger partial charge is 0.462 e. The topological polar surface area (TPSA) is 106 Å². The number of carbonyl (C=O) groups is 2. The number of aryl methyl sites for hydroxylation is 1. The molecule has 1 aliphatic heterocycles. The van der Waals surface area contributed by atoms with E-state index in [2.05, 4.69) is 22.2 Å². The maximum atomic E-state index is 12.8. The third-order valence-electron chi connectivity index (χ3n) is 5.50. The van der Waals surface area contributed by atoms with Crippen molar-refractivity contribution >= 4 is 29.2 Å². The third kappa shape index (κ3) is 4.37. The van der Waals surface area contributed by atoms with Gasteiger partial charge in [-0.05, 0) is 44.5 Å². The van der Waals surface area contributed by atoms with Gasteiger partial charge in [0.2, 0.25) is 0 Å². The van der Waals surface area contributed by atoms with E-state index < -0.39 is 5.97 Å². The number of nitrogens with zero attached hydrogens (tertiary/aromatic N) is 2. The summed E-state index contributed by atoms with van der Waals surface area (Å²) in [6.45, 7) is 6.50. The highest BCUT2D eigenvalue weighted by Gasteiger charge is 2.27. The lowest BCUT2D eigenvalue weighted by molar-refractivity contribution is -0.110. The summed E-state index contributed by atoms with van der Waals surface area (Å²) in [5.74, 6) is -0.741. The Morgan fingerprint density at radius 3 is 2.79 bits per heavy atom. The highest BCUT2D eigenvalue weighted by Crippen LogP contribution is 2.35. The summed E-state index contributed by atoms with van der Waals surface area (Å²) in [7, 11) is 0. The molecule has 1 aliphatic rings. The van der Waals surface area contributed by atoms with Crippen LogP contribution in [0.3, 0.4) is 0 Å². The van der Waals surface area contributed by atoms with E-state index in [-0.39, 0.29) is 18.1 Å². The van der Waals surface area contributed by atoms with Gasteiger partial charge >= 0.3 is 5.97 Å². The lowest BCUT2D eigenvalue weighted by atomic mass is 10.0. The molecule has 0 aliphatic carbocycles. The Bertz CT molecular complexity index is 1320. The van der Waals surface area contributed by atoms with Crippen LogP contribution in [0.15, 0.2) is 41.3 Å². The van der Waals surface area contributed by atoms with Crippen LogP contribution in [-0.4, -0.2) is 33.0 Å². The van der Waals surface area contributed by atoms with E-state index in [9.17, 15) is 14.4 Å². The Morgan fingerprint density at radius 2 is 2.03 bits per heavy atom. The molecule has 8 nitrogen and oxygen atoms in total. The van der Waals surface area contributed by atoms with Crippen LogP contribution in [-0.2, 0) is 16.1 Å². The fraction of sp³-hybridized carbons (Fsp3) is 0.280. The second kappa shape index (κ2) is 9.28. The van der Waals surface area contributed by atoms with Crippen molar-refractivity contribution in [2.24, 2.45) is 0 Å². The number of pyridine rings is 2. The summed E-state index contributed by atoms with van der Waals surface area (Å²) >= 11 is 0. The standard InChI is InChI=1S/C25H26N4O4/c1-4-6-10-29-22(8-7-9-23(29)30)20-12-16-17(24(31)28-21(16)14-26-20)13-19-18(11-15(3)27-19)25(32)33-5-2/h7-9,11-14,27H,4-6,10H2,1-3H3,(H,28,31)/b17-13-. The van der Waals surface area contributed by atoms with Crippen molar-refractivity contribution in [2.75, 3.05) is 11.9 Å². The Balaban J connectivity index is 1.80. The molecular formula is C25H26N4O4. The number of aromatic nitrogens is 3. The summed E-state index contributed by atoms with van der Waals surface area (Å²) in [5, 5.41) is 2.82. The normalized spacial score (nSPS) is 13.8. The molecule has 170 valence electrons. The summed E-state index contributed by atoms with van der Waals surface area (Å²) in [6.07, 6.45) is 5.08. The minimum Gasteiger partial charge on any atom is -0.462 e. The number of nitrogens with one attached hydrogen (secondary N) is 2. The summed E-state index contributed by atoms with van der Waals surface area (Å²) in [6, 6.07) is 8.60. The van der Waals surface area contributed by atoms with Crippen LogP contribution < -0.4 is 10.9 Å². The van der Waals surface area contributed by atoms with Crippen LogP contribution in [0.4, 0.5) is 5.69 Å². The first-order valence-corrected chi connectivity index (χ1v) is 11.0. The second-order valence-electron chi connectivity index (χ2n) is 7.88. The van der Waals surface area contributed by atoms with E-state index in [4.69, 9.17) is 4.74 Å². The summed E-state index contributed by atoms with van der Waals surface area (Å²) in [4.78, 5) is 45.2. The molecule has 3 aromatic rings. The maximum Gasteiger partial charge on any atom is 0.340 e. The van der Waals surface area contributed by atoms with E-state index >= 15 is 0 Å². The zero-order valence-corrected chi connectivity index (χ0v) is 18.9. The van der Waals surface area contributed by atoms with Gasteiger partial charge in [-0.15, -0.1) is 0 Å². The molecule has 1 amide bonds. The van der Waals surface area contributed by atoms with Crippen molar-refractivity contribution in [3.8, 4) is 11.4 Å². The highest BCUT2D eigenvalue weighted by atomic mass is 16.5. The maximum absolute atomic E-state index is 12.8. The van der Waals surface area contributed by atoms with Crippen molar-refractivity contribution in [2.45, 2.75) is 40.2 Å². The van der Waals surface area contributed by atoms with Crippen LogP contribution in [0.25, 0.3) is 23.0 Å². The molecule has 0 fully saturated rings. The van der Waals surface area contributed by atoms with Gasteiger partial charge in [-0.25, -0.2) is 4.79 Å². The molecule has 3 aromatic heterocycles. The first kappa shape index (κ1) is 22.3. The minimum atomic E-state index is -0.452. The lowest BCUT2D eigenvalue weighted by Gasteiger charge is -2.12. The van der Waals surface area contributed by atoms with Gasteiger partial charge in [0.25, 0.3) is 11.5 Å². The number of unbranched alkanes of at least 4 members (excludes halogenated alkanes) is 1. The number of hydrogen-bond acceptors (Lipinski definition) is 5. The molecule has 0 saturated heterocycles. The van der Waals surface area contributed by atoms with Gasteiger partial charge in [-0.1, -0.05) is 19.4 Å². The average molecular weight is 447 g/mol. The second-order valence-corrected chi connectivity index (χ2v) is 7.88. The smallest absolute Gasteiger partial charge is 0.340 e. The van der Waals surface area contributed by atoms with Gasteiger partial charge in [0.05, 0.1) is 46.7 Å². The molecule has 0 saturated carbocycles. The number of aromatic amines is 1. The molecule has 0 bridgehead atoms. The van der Waals surface area contributed by atoms with E-state index in [0.717, 1.165) is 18.5 Å². The van der Waals surface area contributed by atoms with Crippen LogP contribution >= 0.6 is 0 Å². The number of esters is 1. The lowest BCUT2D eigenvalue weighted by Crippen LogP contribution is -2.20. The van der Waals surface area contributed by atoms with E-state index in [0.29, 0.717) is 46.0 Å². The predicted molar refractivity (Wildman–Crippen MR) is 127 cm³/mol. The monoisotopic (exact) mass is 446 g/mol. The summed E-state index contributed by atoms with van der Waals surface area (Å²) in [5.41, 5.74) is 4.49. The molecule has 0 spiro atoms. The number of anilines is 1. The van der Waals surface area contributed by atoms with Gasteiger partial charge in [-0.2, -0.15) is 0 Å². The summed E-state index contributed by atoms with van der Waals surface area (Å²) < 4.78 is 6.85. The number of ether oxygens (including phenoxy) is 1. The Morgan fingerprint density at radius 1 is 1.21 bits per heavy atom. The number of carbonyl (C=O) groups excluding carboxylic acids is 2. The fourth-order valence-corrected chi connectivity index (χ4v) is 3.91. The van der Waals surface area contributed by atoms with Gasteiger partial charge in [0.15, 0.2) is 0 Å². The molecular weight excluding hydrogens is 420 g/mol. The third-order valence-corrected chi connectivity index (χ3v) is 5.50. The molecule has 0 atom stereocenters. The van der Waals surface area contributed by atoms with Crippen LogP contribution in [0.5, 0.6) is 0 Å².